The van der Waals surface area contributed by atoms with Gasteiger partial charge >= 0.3 is 0 Å². The van der Waals surface area contributed by atoms with Crippen molar-refractivity contribution in [3.8, 4) is 0 Å². The number of benzene rings is 3. The first kappa shape index (κ1) is 30.1. The summed E-state index contributed by atoms with van der Waals surface area (Å²) in [6.07, 6.45) is 1.82. The van der Waals surface area contributed by atoms with Gasteiger partial charge in [-0.1, -0.05) is 73.1 Å². The minimum Gasteiger partial charge on any atom is -0.352 e. The van der Waals surface area contributed by atoms with E-state index in [4.69, 9.17) is 11.6 Å². The van der Waals surface area contributed by atoms with Gasteiger partial charge in [-0.2, -0.15) is 0 Å². The van der Waals surface area contributed by atoms with Gasteiger partial charge in [0.15, 0.2) is 0 Å². The van der Waals surface area contributed by atoms with E-state index in [-0.39, 0.29) is 30.6 Å². The summed E-state index contributed by atoms with van der Waals surface area (Å²) in [4.78, 5) is 28.9. The zero-order valence-corrected chi connectivity index (χ0v) is 23.8. The Balaban J connectivity index is 2.07. The van der Waals surface area contributed by atoms with Gasteiger partial charge in [0.25, 0.3) is 0 Å². The van der Waals surface area contributed by atoms with Crippen LogP contribution in [0.4, 0.5) is 10.1 Å². The standard InChI is InChI=1S/C29H33ClFN3O4S/c1-4-21(2)32-29(36)27(17-22-11-6-5-7-12-22)33(19-23-13-8-9-16-26(23)30)28(35)20-34(39(3,37)38)25-15-10-14-24(31)18-25/h5-16,18,21,27H,4,17,19-20H2,1-3H3,(H,32,36)/t21-,27-/m1/s1. The third kappa shape index (κ3) is 8.53. The molecule has 10 heteroatoms. The van der Waals surface area contributed by atoms with Gasteiger partial charge in [0.2, 0.25) is 21.8 Å². The molecule has 0 aromatic heterocycles. The number of hydrogen-bond acceptors (Lipinski definition) is 4. The highest BCUT2D eigenvalue weighted by Crippen LogP contribution is 2.23. The van der Waals surface area contributed by atoms with Crippen LogP contribution in [-0.2, 0) is 32.6 Å². The largest absolute Gasteiger partial charge is 0.352 e. The van der Waals surface area contributed by atoms with Crippen LogP contribution < -0.4 is 9.62 Å². The van der Waals surface area contributed by atoms with Crippen LogP contribution in [-0.4, -0.2) is 50.0 Å². The minimum atomic E-state index is -3.98. The topological polar surface area (TPSA) is 86.8 Å². The fourth-order valence-corrected chi connectivity index (χ4v) is 5.09. The van der Waals surface area contributed by atoms with Gasteiger partial charge in [0.05, 0.1) is 11.9 Å². The number of nitrogens with zero attached hydrogens (tertiary/aromatic N) is 2. The van der Waals surface area contributed by atoms with E-state index in [0.29, 0.717) is 17.0 Å². The van der Waals surface area contributed by atoms with Crippen molar-refractivity contribution < 1.29 is 22.4 Å². The summed E-state index contributed by atoms with van der Waals surface area (Å²) in [6, 6.07) is 20.1. The molecule has 3 aromatic carbocycles. The van der Waals surface area contributed by atoms with Gasteiger partial charge in [-0.25, -0.2) is 12.8 Å². The number of rotatable bonds is 12. The maximum absolute atomic E-state index is 14.0. The fourth-order valence-electron chi connectivity index (χ4n) is 4.05. The van der Waals surface area contributed by atoms with E-state index in [9.17, 15) is 22.4 Å². The highest BCUT2D eigenvalue weighted by atomic mass is 35.5. The van der Waals surface area contributed by atoms with Crippen LogP contribution in [0, 0.1) is 5.82 Å². The summed E-state index contributed by atoms with van der Waals surface area (Å²) in [5.41, 5.74) is 1.43. The summed E-state index contributed by atoms with van der Waals surface area (Å²) in [5.74, 6) is -1.65. The number of nitrogens with one attached hydrogen (secondary N) is 1. The van der Waals surface area contributed by atoms with Crippen molar-refractivity contribution in [1.29, 1.82) is 0 Å². The van der Waals surface area contributed by atoms with Crippen LogP contribution in [0.3, 0.4) is 0 Å². The molecule has 0 aliphatic heterocycles. The molecule has 3 rings (SSSR count). The van der Waals surface area contributed by atoms with E-state index in [1.165, 1.54) is 23.1 Å². The normalized spacial score (nSPS) is 12.8. The van der Waals surface area contributed by atoms with E-state index in [1.54, 1.807) is 24.3 Å². The summed E-state index contributed by atoms with van der Waals surface area (Å²) in [6.45, 7) is 3.14. The van der Waals surface area contributed by atoms with Crippen LogP contribution in [0.25, 0.3) is 0 Å². The Labute approximate surface area is 234 Å². The molecule has 0 saturated carbocycles. The third-order valence-electron chi connectivity index (χ3n) is 6.35. The minimum absolute atomic E-state index is 0.00668. The molecule has 0 unspecified atom stereocenters. The predicted octanol–water partition coefficient (Wildman–Crippen LogP) is 4.80. The fraction of sp³-hybridized carbons (Fsp3) is 0.310. The lowest BCUT2D eigenvalue weighted by Gasteiger charge is -2.34. The summed E-state index contributed by atoms with van der Waals surface area (Å²) < 4.78 is 40.3. The molecular weight excluding hydrogens is 541 g/mol. The quantitative estimate of drug-likeness (QED) is 0.337. The van der Waals surface area contributed by atoms with Gasteiger partial charge in [0.1, 0.15) is 18.4 Å². The molecule has 7 nitrogen and oxygen atoms in total. The Morgan fingerprint density at radius 1 is 1.00 bits per heavy atom. The van der Waals surface area contributed by atoms with Crippen molar-refractivity contribution in [2.75, 3.05) is 17.1 Å². The lowest BCUT2D eigenvalue weighted by molar-refractivity contribution is -0.140. The van der Waals surface area contributed by atoms with Gasteiger partial charge in [0, 0.05) is 24.0 Å². The average Bonchev–Trinajstić information content (AvgIpc) is 2.89. The molecule has 0 aliphatic carbocycles. The average molecular weight is 574 g/mol. The van der Waals surface area contributed by atoms with Crippen LogP contribution >= 0.6 is 11.6 Å². The highest BCUT2D eigenvalue weighted by molar-refractivity contribution is 7.92. The second-order valence-electron chi connectivity index (χ2n) is 9.39. The lowest BCUT2D eigenvalue weighted by Crippen LogP contribution is -2.54. The van der Waals surface area contributed by atoms with E-state index < -0.39 is 34.3 Å². The number of halogens is 2. The third-order valence-corrected chi connectivity index (χ3v) is 7.86. The Hall–Kier alpha value is -3.43. The summed E-state index contributed by atoms with van der Waals surface area (Å²) >= 11 is 6.43. The predicted molar refractivity (Wildman–Crippen MR) is 152 cm³/mol. The molecule has 0 aliphatic rings. The molecule has 0 heterocycles. The number of anilines is 1. The Bertz CT molecular complexity index is 1390. The van der Waals surface area contributed by atoms with Gasteiger partial charge in [-0.15, -0.1) is 0 Å². The van der Waals surface area contributed by atoms with Gasteiger partial charge in [-0.3, -0.25) is 13.9 Å². The van der Waals surface area contributed by atoms with Crippen molar-refractivity contribution in [3.05, 3.63) is 101 Å². The first-order valence-electron chi connectivity index (χ1n) is 12.6. The molecule has 2 atom stereocenters. The van der Waals surface area contributed by atoms with Crippen LogP contribution in [0.5, 0.6) is 0 Å². The summed E-state index contributed by atoms with van der Waals surface area (Å²) in [5, 5.41) is 3.36. The smallest absolute Gasteiger partial charge is 0.244 e. The number of sulfonamides is 1. The Morgan fingerprint density at radius 3 is 2.28 bits per heavy atom. The number of carbonyl (C=O) groups excluding carboxylic acids is 2. The SMILES string of the molecule is CC[C@@H](C)NC(=O)[C@@H](Cc1ccccc1)N(Cc1ccccc1Cl)C(=O)CN(c1cccc(F)c1)S(C)(=O)=O. The molecule has 0 bridgehead atoms. The highest BCUT2D eigenvalue weighted by Gasteiger charge is 2.33. The first-order chi connectivity index (χ1) is 18.5. The second kappa shape index (κ2) is 13.6. The molecule has 0 spiro atoms. The molecule has 2 amide bonds. The van der Waals surface area contributed by atoms with Crippen LogP contribution in [0.2, 0.25) is 5.02 Å². The molecule has 0 saturated heterocycles. The number of hydrogen-bond donors (Lipinski definition) is 1. The molecule has 0 radical (unpaired) electrons. The maximum Gasteiger partial charge on any atom is 0.244 e. The molecule has 0 fully saturated rings. The molecule has 3 aromatic rings. The first-order valence-corrected chi connectivity index (χ1v) is 14.8. The number of amides is 2. The van der Waals surface area contributed by atoms with E-state index in [2.05, 4.69) is 5.32 Å². The summed E-state index contributed by atoms with van der Waals surface area (Å²) in [7, 11) is -3.98. The van der Waals surface area contributed by atoms with E-state index in [0.717, 1.165) is 22.2 Å². The van der Waals surface area contributed by atoms with Crippen molar-refractivity contribution in [2.24, 2.45) is 0 Å². The Kier molecular flexibility index (Phi) is 10.5. The zero-order valence-electron chi connectivity index (χ0n) is 22.2. The molecular formula is C29H33ClFN3O4S. The van der Waals surface area contributed by atoms with Gasteiger partial charge < -0.3 is 10.2 Å². The second-order valence-corrected chi connectivity index (χ2v) is 11.7. The molecule has 1 N–H and O–H groups in total. The van der Waals surface area contributed by atoms with Crippen LogP contribution in [0.1, 0.15) is 31.4 Å². The van der Waals surface area contributed by atoms with Crippen molar-refractivity contribution in [2.45, 2.75) is 45.3 Å². The van der Waals surface area contributed by atoms with Crippen molar-refractivity contribution in [1.82, 2.24) is 10.2 Å². The lowest BCUT2D eigenvalue weighted by atomic mass is 10.0. The zero-order chi connectivity index (χ0) is 28.6. The van der Waals surface area contributed by atoms with Gasteiger partial charge in [-0.05, 0) is 48.7 Å². The van der Waals surface area contributed by atoms with E-state index in [1.807, 2.05) is 44.2 Å². The molecule has 39 heavy (non-hydrogen) atoms. The Morgan fingerprint density at radius 2 is 1.67 bits per heavy atom. The molecule has 208 valence electrons. The monoisotopic (exact) mass is 573 g/mol. The maximum atomic E-state index is 14.0. The van der Waals surface area contributed by atoms with E-state index >= 15 is 0 Å². The van der Waals surface area contributed by atoms with Crippen molar-refractivity contribution >= 4 is 39.1 Å². The van der Waals surface area contributed by atoms with Crippen molar-refractivity contribution in [3.63, 3.8) is 0 Å². The number of carbonyl (C=O) groups is 2. The van der Waals surface area contributed by atoms with Crippen LogP contribution in [0.15, 0.2) is 78.9 Å².